The van der Waals surface area contributed by atoms with Gasteiger partial charge in [0.25, 0.3) is 0 Å². The van der Waals surface area contributed by atoms with Gasteiger partial charge in [-0.15, -0.1) is 0 Å². The number of carbonyl (C=O) groups is 1. The van der Waals surface area contributed by atoms with Gasteiger partial charge < -0.3 is 10.2 Å². The highest BCUT2D eigenvalue weighted by atomic mass is 16.2. The molecule has 2 heterocycles. The normalized spacial score (nSPS) is 38.8. The van der Waals surface area contributed by atoms with Crippen molar-refractivity contribution in [1.82, 2.24) is 10.2 Å². The molecule has 0 aromatic rings. The molecule has 0 aromatic carbocycles. The molecule has 3 nitrogen and oxygen atoms in total. The molecule has 1 aliphatic carbocycles. The maximum atomic E-state index is 12.9. The van der Waals surface area contributed by atoms with Crippen LogP contribution in [0.1, 0.15) is 66.2 Å². The van der Waals surface area contributed by atoms with Crippen LogP contribution >= 0.6 is 0 Å². The Bertz CT molecular complexity index is 427. The first kappa shape index (κ1) is 16.3. The Labute approximate surface area is 136 Å². The van der Waals surface area contributed by atoms with Crippen LogP contribution in [0.15, 0.2) is 0 Å². The van der Waals surface area contributed by atoms with E-state index >= 15 is 0 Å². The Morgan fingerprint density at radius 1 is 1.32 bits per heavy atom. The quantitative estimate of drug-likeness (QED) is 0.866. The molecule has 0 spiro atoms. The van der Waals surface area contributed by atoms with Crippen molar-refractivity contribution in [2.45, 2.75) is 72.3 Å². The van der Waals surface area contributed by atoms with E-state index in [-0.39, 0.29) is 0 Å². The summed E-state index contributed by atoms with van der Waals surface area (Å²) in [6.07, 6.45) is 6.98. The fourth-order valence-corrected chi connectivity index (χ4v) is 5.68. The lowest BCUT2D eigenvalue weighted by Crippen LogP contribution is -2.40. The summed E-state index contributed by atoms with van der Waals surface area (Å²) in [6.45, 7) is 12.7. The van der Waals surface area contributed by atoms with Gasteiger partial charge in [0, 0.05) is 19.0 Å². The number of amides is 1. The number of hydrogen-bond acceptors (Lipinski definition) is 2. The van der Waals surface area contributed by atoms with Crippen LogP contribution in [0.2, 0.25) is 0 Å². The molecule has 1 amide bonds. The standard InChI is InChI=1S/C19H34N2O/c1-14(15-6-5-7-20-11-15)8-17(22)21-13-19(4)10-16(21)9-18(2,3)12-19/h14-16,20H,5-13H2,1-4H3. The van der Waals surface area contributed by atoms with E-state index in [1.165, 1.54) is 32.1 Å². The SMILES string of the molecule is CC(CC(=O)N1CC2(C)CC1CC(C)(C)C2)C1CCCNC1. The molecule has 126 valence electrons. The van der Waals surface area contributed by atoms with Crippen molar-refractivity contribution >= 4 is 5.91 Å². The van der Waals surface area contributed by atoms with Gasteiger partial charge >= 0.3 is 0 Å². The van der Waals surface area contributed by atoms with Crippen molar-refractivity contribution < 1.29 is 4.79 Å². The Kier molecular flexibility index (Phi) is 4.30. The summed E-state index contributed by atoms with van der Waals surface area (Å²) in [4.78, 5) is 15.2. The smallest absolute Gasteiger partial charge is 0.223 e. The molecule has 3 fully saturated rings. The minimum Gasteiger partial charge on any atom is -0.339 e. The molecule has 1 N–H and O–H groups in total. The molecule has 3 rings (SSSR count). The van der Waals surface area contributed by atoms with E-state index in [2.05, 4.69) is 37.9 Å². The second kappa shape index (κ2) is 5.81. The van der Waals surface area contributed by atoms with Crippen LogP contribution in [0.3, 0.4) is 0 Å². The Morgan fingerprint density at radius 3 is 2.77 bits per heavy atom. The van der Waals surface area contributed by atoms with Crippen molar-refractivity contribution in [3.63, 3.8) is 0 Å². The average Bonchev–Trinajstić information content (AvgIpc) is 2.69. The lowest BCUT2D eigenvalue weighted by Gasteiger charge is -2.39. The lowest BCUT2D eigenvalue weighted by molar-refractivity contribution is -0.133. The lowest BCUT2D eigenvalue weighted by atomic mass is 9.65. The van der Waals surface area contributed by atoms with E-state index < -0.39 is 0 Å². The summed E-state index contributed by atoms with van der Waals surface area (Å²) in [6, 6.07) is 0.498. The molecular formula is C19H34N2O. The molecule has 1 saturated carbocycles. The first-order valence-corrected chi connectivity index (χ1v) is 9.28. The van der Waals surface area contributed by atoms with E-state index in [9.17, 15) is 4.79 Å². The first-order valence-electron chi connectivity index (χ1n) is 9.28. The van der Waals surface area contributed by atoms with Crippen LogP contribution in [0, 0.1) is 22.7 Å². The molecular weight excluding hydrogens is 272 g/mol. The molecule has 4 atom stereocenters. The third-order valence-electron chi connectivity index (χ3n) is 6.37. The zero-order chi connectivity index (χ0) is 16.0. The van der Waals surface area contributed by atoms with E-state index in [0.717, 1.165) is 26.1 Å². The van der Waals surface area contributed by atoms with E-state index in [4.69, 9.17) is 0 Å². The first-order chi connectivity index (χ1) is 10.3. The number of piperidine rings is 1. The van der Waals surface area contributed by atoms with Crippen LogP contribution in [-0.2, 0) is 4.79 Å². The third kappa shape index (κ3) is 3.34. The van der Waals surface area contributed by atoms with E-state index in [0.29, 0.717) is 34.6 Å². The van der Waals surface area contributed by atoms with Crippen molar-refractivity contribution in [2.24, 2.45) is 22.7 Å². The maximum Gasteiger partial charge on any atom is 0.223 e. The molecule has 2 bridgehead atoms. The summed E-state index contributed by atoms with van der Waals surface area (Å²) >= 11 is 0. The van der Waals surface area contributed by atoms with Gasteiger partial charge in [-0.1, -0.05) is 27.7 Å². The predicted octanol–water partition coefficient (Wildman–Crippen LogP) is 3.44. The van der Waals surface area contributed by atoms with E-state index in [1.54, 1.807) is 0 Å². The second-order valence-electron chi connectivity index (χ2n) is 9.52. The van der Waals surface area contributed by atoms with Crippen molar-refractivity contribution in [1.29, 1.82) is 0 Å². The Morgan fingerprint density at radius 2 is 2.09 bits per heavy atom. The topological polar surface area (TPSA) is 32.3 Å². The fourth-order valence-electron chi connectivity index (χ4n) is 5.68. The Balaban J connectivity index is 1.61. The highest BCUT2D eigenvalue weighted by Crippen LogP contribution is 2.52. The minimum absolute atomic E-state index is 0.359. The number of carbonyl (C=O) groups excluding carboxylic acids is 1. The summed E-state index contributed by atoms with van der Waals surface area (Å²) in [5, 5.41) is 3.49. The molecule has 2 aliphatic heterocycles. The molecule has 22 heavy (non-hydrogen) atoms. The van der Waals surface area contributed by atoms with Gasteiger partial charge in [-0.25, -0.2) is 0 Å². The van der Waals surface area contributed by atoms with Gasteiger partial charge in [0.1, 0.15) is 0 Å². The highest BCUT2D eigenvalue weighted by Gasteiger charge is 2.50. The monoisotopic (exact) mass is 306 g/mol. The van der Waals surface area contributed by atoms with E-state index in [1.807, 2.05) is 0 Å². The van der Waals surface area contributed by atoms with Gasteiger partial charge in [0.2, 0.25) is 5.91 Å². The van der Waals surface area contributed by atoms with Gasteiger partial charge in [0.05, 0.1) is 0 Å². The number of nitrogens with one attached hydrogen (secondary N) is 1. The minimum atomic E-state index is 0.359. The molecule has 0 radical (unpaired) electrons. The number of rotatable bonds is 3. The zero-order valence-electron chi connectivity index (χ0n) is 15.0. The zero-order valence-corrected chi connectivity index (χ0v) is 15.0. The van der Waals surface area contributed by atoms with Crippen molar-refractivity contribution in [2.75, 3.05) is 19.6 Å². The third-order valence-corrected chi connectivity index (χ3v) is 6.37. The summed E-state index contributed by atoms with van der Waals surface area (Å²) in [5.41, 5.74) is 0.753. The molecule has 4 unspecified atom stereocenters. The number of likely N-dealkylation sites (tertiary alicyclic amines) is 1. The Hall–Kier alpha value is -0.570. The molecule has 0 aromatic heterocycles. The average molecular weight is 306 g/mol. The van der Waals surface area contributed by atoms with Crippen LogP contribution in [0.4, 0.5) is 0 Å². The number of fused-ring (bicyclic) bond motifs is 2. The van der Waals surface area contributed by atoms with Gasteiger partial charge in [0.15, 0.2) is 0 Å². The molecule has 3 aliphatic rings. The summed E-state index contributed by atoms with van der Waals surface area (Å²) < 4.78 is 0. The largest absolute Gasteiger partial charge is 0.339 e. The summed E-state index contributed by atoms with van der Waals surface area (Å²) in [5.74, 6) is 1.62. The van der Waals surface area contributed by atoms with Crippen molar-refractivity contribution in [3.8, 4) is 0 Å². The number of nitrogens with zero attached hydrogens (tertiary/aromatic N) is 1. The van der Waals surface area contributed by atoms with Gasteiger partial charge in [-0.2, -0.15) is 0 Å². The van der Waals surface area contributed by atoms with Crippen LogP contribution in [-0.4, -0.2) is 36.5 Å². The second-order valence-corrected chi connectivity index (χ2v) is 9.52. The maximum absolute atomic E-state index is 12.9. The highest BCUT2D eigenvalue weighted by molar-refractivity contribution is 5.77. The van der Waals surface area contributed by atoms with Crippen LogP contribution in [0.5, 0.6) is 0 Å². The van der Waals surface area contributed by atoms with Gasteiger partial charge in [-0.05, 0) is 67.9 Å². The van der Waals surface area contributed by atoms with Crippen LogP contribution in [0.25, 0.3) is 0 Å². The number of hydrogen-bond donors (Lipinski definition) is 1. The fraction of sp³-hybridized carbons (Fsp3) is 0.947. The molecule has 3 heteroatoms. The van der Waals surface area contributed by atoms with Gasteiger partial charge in [-0.3, -0.25) is 4.79 Å². The molecule has 2 saturated heterocycles. The summed E-state index contributed by atoms with van der Waals surface area (Å²) in [7, 11) is 0. The predicted molar refractivity (Wildman–Crippen MR) is 90.6 cm³/mol. The van der Waals surface area contributed by atoms with Crippen LogP contribution < -0.4 is 5.32 Å². The van der Waals surface area contributed by atoms with Crippen molar-refractivity contribution in [3.05, 3.63) is 0 Å².